The van der Waals surface area contributed by atoms with Crippen LogP contribution in [0.2, 0.25) is 0 Å². The summed E-state index contributed by atoms with van der Waals surface area (Å²) in [5.74, 6) is 0.688. The van der Waals surface area contributed by atoms with Gasteiger partial charge in [-0.2, -0.15) is 0 Å². The first-order valence-corrected chi connectivity index (χ1v) is 7.71. The number of rotatable bonds is 4. The van der Waals surface area contributed by atoms with E-state index in [4.69, 9.17) is 0 Å². The quantitative estimate of drug-likeness (QED) is 0.892. The Hall–Kier alpha value is -1.02. The average molecular weight is 260 g/mol. The van der Waals surface area contributed by atoms with Crippen molar-refractivity contribution in [3.63, 3.8) is 0 Å². The number of anilines is 1. The maximum absolute atomic E-state index is 3.68. The normalized spacial score (nSPS) is 23.9. The smallest absolute Gasteiger partial charge is 0.0402 e. The predicted octanol–water partition coefficient (Wildman–Crippen LogP) is 3.46. The summed E-state index contributed by atoms with van der Waals surface area (Å²) in [7, 11) is 0. The van der Waals surface area contributed by atoms with Gasteiger partial charge in [-0.3, -0.25) is 0 Å². The molecule has 19 heavy (non-hydrogen) atoms. The van der Waals surface area contributed by atoms with Gasteiger partial charge in [-0.05, 0) is 30.9 Å². The molecule has 0 aliphatic carbocycles. The summed E-state index contributed by atoms with van der Waals surface area (Å²) in [5.41, 5.74) is 2.95. The van der Waals surface area contributed by atoms with Crippen molar-refractivity contribution >= 4 is 5.69 Å². The predicted molar refractivity (Wildman–Crippen MR) is 83.9 cm³/mol. The van der Waals surface area contributed by atoms with E-state index in [1.54, 1.807) is 0 Å². The van der Waals surface area contributed by atoms with Crippen LogP contribution in [0.4, 0.5) is 5.69 Å². The lowest BCUT2D eigenvalue weighted by Gasteiger charge is -2.42. The van der Waals surface area contributed by atoms with Crippen molar-refractivity contribution in [3.8, 4) is 0 Å². The van der Waals surface area contributed by atoms with E-state index in [1.165, 1.54) is 24.1 Å². The van der Waals surface area contributed by atoms with Crippen LogP contribution in [-0.4, -0.2) is 25.2 Å². The molecule has 106 valence electrons. The molecule has 1 saturated heterocycles. The Kier molecular flexibility index (Phi) is 4.87. The molecule has 2 heteroatoms. The van der Waals surface area contributed by atoms with Crippen molar-refractivity contribution in [2.45, 2.75) is 52.6 Å². The summed E-state index contributed by atoms with van der Waals surface area (Å²) >= 11 is 0. The molecule has 2 nitrogen and oxygen atoms in total. The van der Waals surface area contributed by atoms with Crippen LogP contribution in [0.3, 0.4) is 0 Å². The molecule has 2 atom stereocenters. The van der Waals surface area contributed by atoms with Gasteiger partial charge in [0, 0.05) is 30.9 Å². The molecule has 1 aromatic rings. The molecule has 1 aromatic carbocycles. The molecule has 1 fully saturated rings. The maximum atomic E-state index is 3.68. The molecule has 0 aromatic heterocycles. The Bertz CT molecular complexity index is 400. The summed E-state index contributed by atoms with van der Waals surface area (Å²) in [5, 5.41) is 3.68. The molecule has 1 aliphatic heterocycles. The topological polar surface area (TPSA) is 15.3 Å². The van der Waals surface area contributed by atoms with Gasteiger partial charge in [-0.25, -0.2) is 0 Å². The zero-order valence-electron chi connectivity index (χ0n) is 12.8. The molecule has 1 aliphatic rings. The van der Waals surface area contributed by atoms with Crippen LogP contribution in [0.1, 0.15) is 39.7 Å². The molecule has 2 unspecified atom stereocenters. The molecule has 0 radical (unpaired) electrons. The number of hydrogen-bond acceptors (Lipinski definition) is 2. The van der Waals surface area contributed by atoms with Gasteiger partial charge in [0.2, 0.25) is 0 Å². The highest BCUT2D eigenvalue weighted by Crippen LogP contribution is 2.26. The van der Waals surface area contributed by atoms with Crippen LogP contribution >= 0.6 is 0 Å². The third-order valence-electron chi connectivity index (χ3n) is 4.23. The summed E-state index contributed by atoms with van der Waals surface area (Å²) in [4.78, 5) is 2.60. The van der Waals surface area contributed by atoms with Crippen LogP contribution in [0.5, 0.6) is 0 Å². The van der Waals surface area contributed by atoms with Gasteiger partial charge < -0.3 is 10.2 Å². The minimum Gasteiger partial charge on any atom is -0.366 e. The number of piperazine rings is 1. The Labute approximate surface area is 118 Å². The molecular weight excluding hydrogens is 232 g/mol. The second kappa shape index (κ2) is 6.42. The zero-order chi connectivity index (χ0) is 13.8. The van der Waals surface area contributed by atoms with E-state index < -0.39 is 0 Å². The number of para-hydroxylation sites is 1. The fourth-order valence-corrected chi connectivity index (χ4v) is 2.94. The van der Waals surface area contributed by atoms with Gasteiger partial charge in [0.25, 0.3) is 0 Å². The van der Waals surface area contributed by atoms with Crippen molar-refractivity contribution in [1.82, 2.24) is 5.32 Å². The molecular formula is C17H28N2. The van der Waals surface area contributed by atoms with Crippen LogP contribution in [0.25, 0.3) is 0 Å². The van der Waals surface area contributed by atoms with E-state index >= 15 is 0 Å². The largest absolute Gasteiger partial charge is 0.366 e. The first kappa shape index (κ1) is 14.4. The second-order valence-electron chi connectivity index (χ2n) is 6.14. The lowest BCUT2D eigenvalue weighted by molar-refractivity contribution is 0.336. The van der Waals surface area contributed by atoms with Crippen LogP contribution < -0.4 is 10.2 Å². The Morgan fingerprint density at radius 3 is 2.74 bits per heavy atom. The van der Waals surface area contributed by atoms with Crippen LogP contribution in [-0.2, 0) is 6.42 Å². The highest BCUT2D eigenvalue weighted by molar-refractivity contribution is 5.55. The first-order valence-electron chi connectivity index (χ1n) is 7.71. The number of nitrogens with zero attached hydrogens (tertiary/aromatic N) is 1. The Balaban J connectivity index is 2.23. The fourth-order valence-electron chi connectivity index (χ4n) is 2.94. The van der Waals surface area contributed by atoms with Crippen LogP contribution in [0.15, 0.2) is 24.3 Å². The van der Waals surface area contributed by atoms with E-state index in [9.17, 15) is 0 Å². The zero-order valence-corrected chi connectivity index (χ0v) is 12.8. The van der Waals surface area contributed by atoms with E-state index in [2.05, 4.69) is 62.2 Å². The molecule has 1 N–H and O–H groups in total. The van der Waals surface area contributed by atoms with Gasteiger partial charge >= 0.3 is 0 Å². The number of hydrogen-bond donors (Lipinski definition) is 1. The van der Waals surface area contributed by atoms with Crippen molar-refractivity contribution in [2.75, 3.05) is 18.0 Å². The molecule has 1 heterocycles. The third-order valence-corrected chi connectivity index (χ3v) is 4.23. The first-order chi connectivity index (χ1) is 9.13. The molecule has 0 saturated carbocycles. The number of benzene rings is 1. The lowest BCUT2D eigenvalue weighted by atomic mass is 9.97. The monoisotopic (exact) mass is 260 g/mol. The van der Waals surface area contributed by atoms with E-state index in [-0.39, 0.29) is 0 Å². The van der Waals surface area contributed by atoms with Gasteiger partial charge in [-0.15, -0.1) is 0 Å². The molecule has 0 bridgehead atoms. The van der Waals surface area contributed by atoms with Crippen molar-refractivity contribution in [2.24, 2.45) is 5.92 Å². The fraction of sp³-hybridized carbons (Fsp3) is 0.647. The minimum atomic E-state index is 0.577. The van der Waals surface area contributed by atoms with Crippen molar-refractivity contribution in [3.05, 3.63) is 29.8 Å². The summed E-state index contributed by atoms with van der Waals surface area (Å²) in [6, 6.07) is 10.1. The Morgan fingerprint density at radius 2 is 2.05 bits per heavy atom. The van der Waals surface area contributed by atoms with Crippen molar-refractivity contribution in [1.29, 1.82) is 0 Å². The average Bonchev–Trinajstić information content (AvgIpc) is 2.40. The third kappa shape index (κ3) is 3.30. The summed E-state index contributed by atoms with van der Waals surface area (Å²) in [6.45, 7) is 11.4. The van der Waals surface area contributed by atoms with Gasteiger partial charge in [0.1, 0.15) is 0 Å². The number of nitrogens with one attached hydrogen (secondary N) is 1. The summed E-state index contributed by atoms with van der Waals surface area (Å²) in [6.07, 6.45) is 2.39. The highest BCUT2D eigenvalue weighted by atomic mass is 15.2. The molecule has 0 amide bonds. The lowest BCUT2D eigenvalue weighted by Crippen LogP contribution is -2.57. The van der Waals surface area contributed by atoms with Gasteiger partial charge in [-0.1, -0.05) is 45.4 Å². The van der Waals surface area contributed by atoms with E-state index in [0.717, 1.165) is 13.1 Å². The molecule has 2 rings (SSSR count). The van der Waals surface area contributed by atoms with E-state index in [0.29, 0.717) is 18.0 Å². The SMILES string of the molecule is CCCc1ccccc1N1CC(C(C)C)NCC1C. The van der Waals surface area contributed by atoms with Gasteiger partial charge in [0.05, 0.1) is 0 Å². The maximum Gasteiger partial charge on any atom is 0.0402 e. The van der Waals surface area contributed by atoms with Crippen LogP contribution in [0, 0.1) is 5.92 Å². The van der Waals surface area contributed by atoms with Gasteiger partial charge in [0.15, 0.2) is 0 Å². The highest BCUT2D eigenvalue weighted by Gasteiger charge is 2.27. The number of aryl methyl sites for hydroxylation is 1. The van der Waals surface area contributed by atoms with E-state index in [1.807, 2.05) is 0 Å². The standard InChI is InChI=1S/C17H28N2/c1-5-8-15-9-6-7-10-17(15)19-12-16(13(2)3)18-11-14(19)4/h6-7,9-10,13-14,16,18H,5,8,11-12H2,1-4H3. The summed E-state index contributed by atoms with van der Waals surface area (Å²) < 4.78 is 0. The minimum absolute atomic E-state index is 0.577. The molecule has 0 spiro atoms. The Morgan fingerprint density at radius 1 is 1.32 bits per heavy atom. The van der Waals surface area contributed by atoms with Crippen molar-refractivity contribution < 1.29 is 0 Å². The second-order valence-corrected chi connectivity index (χ2v) is 6.14.